The number of quaternary nitrogens is 1. The first-order chi connectivity index (χ1) is 17.2. The lowest BCUT2D eigenvalue weighted by molar-refractivity contribution is -0.897. The van der Waals surface area contributed by atoms with E-state index in [0.717, 1.165) is 12.8 Å². The fraction of sp³-hybridized carbons (Fsp3) is 1.00. The van der Waals surface area contributed by atoms with Crippen LogP contribution in [0.2, 0.25) is 0 Å². The summed E-state index contributed by atoms with van der Waals surface area (Å²) >= 11 is 0. The van der Waals surface area contributed by atoms with E-state index in [4.69, 9.17) is 9.84 Å². The van der Waals surface area contributed by atoms with Gasteiger partial charge >= 0.3 is 0 Å². The molecule has 0 radical (unpaired) electrons. The highest BCUT2D eigenvalue weighted by Crippen LogP contribution is 2.14. The largest absolute Gasteiger partial charge is 0.396 e. The fourth-order valence-electron chi connectivity index (χ4n) is 4.84. The summed E-state index contributed by atoms with van der Waals surface area (Å²) in [5.74, 6) is 0. The van der Waals surface area contributed by atoms with Gasteiger partial charge in [0.05, 0.1) is 26.8 Å². The first kappa shape index (κ1) is 35.7. The SMILES string of the molecule is CCCCCCCCCCCCCCCCCCOCC(O)C[N+](C)(C)CC(O)C(O)C(O)CCO. The summed E-state index contributed by atoms with van der Waals surface area (Å²) in [5.41, 5.74) is 0. The lowest BCUT2D eigenvalue weighted by Crippen LogP contribution is -2.54. The predicted molar refractivity (Wildman–Crippen MR) is 148 cm³/mol. The molecule has 0 rings (SSSR count). The molecule has 218 valence electrons. The molecule has 7 nitrogen and oxygen atoms in total. The van der Waals surface area contributed by atoms with E-state index in [0.29, 0.717) is 13.2 Å². The van der Waals surface area contributed by atoms with Crippen LogP contribution < -0.4 is 0 Å². The number of hydrogen-bond donors (Lipinski definition) is 5. The Morgan fingerprint density at radius 2 is 1.06 bits per heavy atom. The molecule has 0 aromatic carbocycles. The average Bonchev–Trinajstić information content (AvgIpc) is 2.82. The molecule has 0 aromatic heterocycles. The van der Waals surface area contributed by atoms with Gasteiger partial charge in [-0.25, -0.2) is 0 Å². The van der Waals surface area contributed by atoms with Crippen LogP contribution in [-0.2, 0) is 4.74 Å². The van der Waals surface area contributed by atoms with Crippen molar-refractivity contribution in [2.75, 3.05) is 47.0 Å². The molecule has 36 heavy (non-hydrogen) atoms. The number of aliphatic hydroxyl groups excluding tert-OH is 5. The van der Waals surface area contributed by atoms with Crippen LogP contribution in [0.4, 0.5) is 0 Å². The molecule has 0 aliphatic rings. The van der Waals surface area contributed by atoms with Crippen molar-refractivity contribution < 1.29 is 34.8 Å². The maximum Gasteiger partial charge on any atom is 0.131 e. The number of aliphatic hydroxyl groups is 5. The van der Waals surface area contributed by atoms with Gasteiger partial charge in [-0.3, -0.25) is 0 Å². The van der Waals surface area contributed by atoms with Crippen molar-refractivity contribution in [3.63, 3.8) is 0 Å². The van der Waals surface area contributed by atoms with E-state index in [9.17, 15) is 20.4 Å². The summed E-state index contributed by atoms with van der Waals surface area (Å²) in [4.78, 5) is 0. The molecule has 0 aliphatic carbocycles. The van der Waals surface area contributed by atoms with Gasteiger partial charge in [-0.15, -0.1) is 0 Å². The van der Waals surface area contributed by atoms with E-state index < -0.39 is 24.4 Å². The molecule has 0 bridgehead atoms. The third kappa shape index (κ3) is 21.8. The van der Waals surface area contributed by atoms with E-state index in [1.165, 1.54) is 89.9 Å². The molecule has 5 N–H and O–H groups in total. The Hall–Kier alpha value is -0.280. The van der Waals surface area contributed by atoms with Gasteiger partial charge < -0.3 is 34.8 Å². The van der Waals surface area contributed by atoms with Crippen LogP contribution in [0.5, 0.6) is 0 Å². The molecule has 0 amide bonds. The molecular weight excluding hydrogens is 458 g/mol. The highest BCUT2D eigenvalue weighted by molar-refractivity contribution is 4.75. The van der Waals surface area contributed by atoms with Gasteiger partial charge in [-0.2, -0.15) is 0 Å². The van der Waals surface area contributed by atoms with E-state index in [1.54, 1.807) is 0 Å². The topological polar surface area (TPSA) is 110 Å². The Morgan fingerprint density at radius 1 is 0.611 bits per heavy atom. The second-order valence-electron chi connectivity index (χ2n) is 11.5. The van der Waals surface area contributed by atoms with Crippen molar-refractivity contribution in [2.24, 2.45) is 0 Å². The van der Waals surface area contributed by atoms with Gasteiger partial charge in [0.2, 0.25) is 0 Å². The normalized spacial score (nSPS) is 15.7. The number of nitrogens with zero attached hydrogens (tertiary/aromatic N) is 1. The Labute approximate surface area is 222 Å². The summed E-state index contributed by atoms with van der Waals surface area (Å²) in [6.45, 7) is 3.48. The Morgan fingerprint density at radius 3 is 1.50 bits per heavy atom. The summed E-state index contributed by atoms with van der Waals surface area (Å²) in [7, 11) is 3.71. The zero-order valence-electron chi connectivity index (χ0n) is 24.0. The minimum atomic E-state index is -1.32. The van der Waals surface area contributed by atoms with Crippen molar-refractivity contribution in [1.82, 2.24) is 0 Å². The fourth-order valence-corrected chi connectivity index (χ4v) is 4.84. The van der Waals surface area contributed by atoms with Gasteiger partial charge in [0.25, 0.3) is 0 Å². The van der Waals surface area contributed by atoms with E-state index in [2.05, 4.69) is 6.92 Å². The van der Waals surface area contributed by atoms with Crippen molar-refractivity contribution in [2.45, 2.75) is 140 Å². The molecule has 0 fully saturated rings. The number of unbranched alkanes of at least 4 members (excludes halogenated alkanes) is 15. The van der Waals surface area contributed by atoms with Crippen molar-refractivity contribution in [3.8, 4) is 0 Å². The van der Waals surface area contributed by atoms with E-state index in [-0.39, 0.29) is 30.7 Å². The predicted octanol–water partition coefficient (Wildman–Crippen LogP) is 4.17. The number of hydrogen-bond acceptors (Lipinski definition) is 6. The van der Waals surface area contributed by atoms with E-state index in [1.807, 2.05) is 14.1 Å². The first-order valence-corrected chi connectivity index (χ1v) is 15.0. The molecule has 4 unspecified atom stereocenters. The highest BCUT2D eigenvalue weighted by atomic mass is 16.5. The number of likely N-dealkylation sites (N-methyl/N-ethyl adjacent to an activating group) is 1. The highest BCUT2D eigenvalue weighted by Gasteiger charge is 2.31. The first-order valence-electron chi connectivity index (χ1n) is 15.0. The molecule has 0 aliphatic heterocycles. The van der Waals surface area contributed by atoms with Crippen LogP contribution in [0.15, 0.2) is 0 Å². The number of rotatable bonds is 27. The van der Waals surface area contributed by atoms with Crippen LogP contribution in [0, 0.1) is 0 Å². The van der Waals surface area contributed by atoms with Crippen LogP contribution in [0.1, 0.15) is 116 Å². The van der Waals surface area contributed by atoms with Crippen LogP contribution in [0.3, 0.4) is 0 Å². The van der Waals surface area contributed by atoms with Gasteiger partial charge in [0.15, 0.2) is 0 Å². The Kier molecular flexibility index (Phi) is 23.6. The molecule has 0 aromatic rings. The third-order valence-corrected chi connectivity index (χ3v) is 7.05. The lowest BCUT2D eigenvalue weighted by atomic mass is 10.0. The van der Waals surface area contributed by atoms with Crippen molar-refractivity contribution in [1.29, 1.82) is 0 Å². The average molecular weight is 521 g/mol. The maximum atomic E-state index is 10.3. The van der Waals surface area contributed by atoms with Crippen molar-refractivity contribution in [3.05, 3.63) is 0 Å². The standard InChI is InChI=1S/C29H62NO6/c1-4-5-6-7-8-9-10-11-12-13-14-15-16-17-18-19-22-36-25-26(32)23-30(2,3)24-28(34)29(35)27(33)20-21-31/h26-29,31-35H,4-25H2,1-3H3/q+1. The van der Waals surface area contributed by atoms with Gasteiger partial charge in [-0.1, -0.05) is 103 Å². The lowest BCUT2D eigenvalue weighted by Gasteiger charge is -2.35. The quantitative estimate of drug-likeness (QED) is 0.0821. The Bertz CT molecular complexity index is 465. The molecule has 0 heterocycles. The van der Waals surface area contributed by atoms with Crippen molar-refractivity contribution >= 4 is 0 Å². The zero-order chi connectivity index (χ0) is 27.1. The molecule has 4 atom stereocenters. The van der Waals surface area contributed by atoms with Gasteiger partial charge in [0.1, 0.15) is 31.4 Å². The minimum Gasteiger partial charge on any atom is -0.396 e. The number of ether oxygens (including phenoxy) is 1. The smallest absolute Gasteiger partial charge is 0.131 e. The molecule has 0 spiro atoms. The molecule has 7 heteroatoms. The Balaban J connectivity index is 3.57. The summed E-state index contributed by atoms with van der Waals surface area (Å²) in [5, 5.41) is 49.1. The summed E-state index contributed by atoms with van der Waals surface area (Å²) < 4.78 is 5.93. The van der Waals surface area contributed by atoms with Crippen LogP contribution >= 0.6 is 0 Å². The zero-order valence-corrected chi connectivity index (χ0v) is 24.0. The van der Waals surface area contributed by atoms with E-state index >= 15 is 0 Å². The summed E-state index contributed by atoms with van der Waals surface area (Å²) in [6, 6.07) is 0. The molecule has 0 saturated carbocycles. The van der Waals surface area contributed by atoms with Crippen LogP contribution in [0.25, 0.3) is 0 Å². The van der Waals surface area contributed by atoms with Crippen LogP contribution in [-0.4, -0.2) is 101 Å². The minimum absolute atomic E-state index is 0.0154. The van der Waals surface area contributed by atoms with Gasteiger partial charge in [0, 0.05) is 13.2 Å². The third-order valence-electron chi connectivity index (χ3n) is 7.05. The molecule has 0 saturated heterocycles. The molecular formula is C29H62NO6+. The summed E-state index contributed by atoms with van der Waals surface area (Å²) in [6.07, 6.45) is 17.2. The second-order valence-corrected chi connectivity index (χ2v) is 11.5. The second kappa shape index (κ2) is 23.8. The van der Waals surface area contributed by atoms with Gasteiger partial charge in [-0.05, 0) is 12.8 Å². The maximum absolute atomic E-state index is 10.3. The monoisotopic (exact) mass is 520 g/mol.